The van der Waals surface area contributed by atoms with E-state index in [2.05, 4.69) is 20.3 Å². The molecule has 1 amide bonds. The molecule has 0 aliphatic heterocycles. The molecule has 4 saturated carbocycles. The third kappa shape index (κ3) is 4.29. The highest BCUT2D eigenvalue weighted by Gasteiger charge is 2.72. The number of aromatic nitrogens is 2. The summed E-state index contributed by atoms with van der Waals surface area (Å²) in [5.74, 6) is 0.531. The van der Waals surface area contributed by atoms with Crippen LogP contribution < -0.4 is 10.1 Å². The Morgan fingerprint density at radius 1 is 1.24 bits per heavy atom. The molecule has 4 fully saturated rings. The third-order valence-corrected chi connectivity index (χ3v) is 6.86. The third-order valence-electron chi connectivity index (χ3n) is 6.61. The summed E-state index contributed by atoms with van der Waals surface area (Å²) in [7, 11) is 0. The quantitative estimate of drug-likeness (QED) is 0.588. The molecule has 0 saturated heterocycles. The lowest BCUT2D eigenvalue weighted by Crippen LogP contribution is -2.77. The molecule has 12 heteroatoms. The maximum absolute atomic E-state index is 12.6. The van der Waals surface area contributed by atoms with Gasteiger partial charge < -0.3 is 19.6 Å². The Kier molecular flexibility index (Phi) is 5.33. The van der Waals surface area contributed by atoms with Crippen LogP contribution in [0, 0.1) is 0 Å². The molecule has 0 spiro atoms. The van der Waals surface area contributed by atoms with Crippen LogP contribution in [0.15, 0.2) is 28.7 Å². The minimum absolute atomic E-state index is 0.185. The fourth-order valence-corrected chi connectivity index (χ4v) is 5.13. The maximum atomic E-state index is 12.6. The number of aliphatic hydroxyl groups is 1. The first-order valence-electron chi connectivity index (χ1n) is 10.5. The molecule has 4 aliphatic carbocycles. The van der Waals surface area contributed by atoms with Gasteiger partial charge in [0.05, 0.1) is 18.1 Å². The molecule has 6 rings (SSSR count). The molecule has 1 heterocycles. The first kappa shape index (κ1) is 22.4. The minimum atomic E-state index is -4.64. The van der Waals surface area contributed by atoms with Crippen molar-refractivity contribution in [3.63, 3.8) is 0 Å². The fourth-order valence-electron chi connectivity index (χ4n) is 5.01. The van der Waals surface area contributed by atoms with Crippen molar-refractivity contribution >= 4 is 17.5 Å². The predicted molar refractivity (Wildman–Crippen MR) is 107 cm³/mol. The zero-order valence-corrected chi connectivity index (χ0v) is 18.0. The zero-order chi connectivity index (χ0) is 23.4. The van der Waals surface area contributed by atoms with Crippen LogP contribution >= 0.6 is 11.6 Å². The average Bonchev–Trinajstić information content (AvgIpc) is 3.13. The lowest BCUT2D eigenvalue weighted by atomic mass is 9.39. The predicted octanol–water partition coefficient (Wildman–Crippen LogP) is 3.24. The second-order valence-corrected chi connectivity index (χ2v) is 9.56. The number of nitrogens with zero attached hydrogens (tertiary/aromatic N) is 2. The van der Waals surface area contributed by atoms with Gasteiger partial charge in [-0.2, -0.15) is 0 Å². The SMILES string of the molecule is O=C(NC12CC(c3nnc([C@H]4C[C@@H](OC(F)(F)F)C4)o3)(C1)C2)C(CO)Oc1ccc(Cl)cc1. The Morgan fingerprint density at radius 3 is 2.52 bits per heavy atom. The maximum Gasteiger partial charge on any atom is 0.522 e. The van der Waals surface area contributed by atoms with Crippen molar-refractivity contribution in [3.05, 3.63) is 41.1 Å². The van der Waals surface area contributed by atoms with Crippen LogP contribution in [0.5, 0.6) is 5.75 Å². The number of rotatable bonds is 8. The van der Waals surface area contributed by atoms with Gasteiger partial charge in [0.1, 0.15) is 5.75 Å². The highest BCUT2D eigenvalue weighted by atomic mass is 35.5. The molecule has 2 aromatic rings. The van der Waals surface area contributed by atoms with E-state index >= 15 is 0 Å². The Hall–Kier alpha value is -2.37. The molecule has 2 bridgehead atoms. The summed E-state index contributed by atoms with van der Waals surface area (Å²) in [6.07, 6.45) is -4.39. The summed E-state index contributed by atoms with van der Waals surface area (Å²) >= 11 is 5.84. The number of alkyl halides is 3. The van der Waals surface area contributed by atoms with E-state index in [0.29, 0.717) is 41.8 Å². The minimum Gasteiger partial charge on any atom is -0.478 e. The summed E-state index contributed by atoms with van der Waals surface area (Å²) in [5, 5.41) is 21.2. The average molecular weight is 488 g/mol. The Morgan fingerprint density at radius 2 is 1.91 bits per heavy atom. The highest BCUT2D eigenvalue weighted by Crippen LogP contribution is 2.67. The van der Waals surface area contributed by atoms with Gasteiger partial charge in [-0.15, -0.1) is 23.4 Å². The smallest absolute Gasteiger partial charge is 0.478 e. The van der Waals surface area contributed by atoms with Crippen LogP contribution in [0.4, 0.5) is 13.2 Å². The number of nitrogens with one attached hydrogen (secondary N) is 1. The van der Waals surface area contributed by atoms with Gasteiger partial charge in [-0.3, -0.25) is 9.53 Å². The fraction of sp³-hybridized carbons (Fsp3) is 0.571. The number of ether oxygens (including phenoxy) is 2. The van der Waals surface area contributed by atoms with E-state index in [1.807, 2.05) is 0 Å². The molecular formula is C21H21ClF3N3O5. The van der Waals surface area contributed by atoms with Crippen LogP contribution in [0.25, 0.3) is 0 Å². The summed E-state index contributed by atoms with van der Waals surface area (Å²) in [5.41, 5.74) is -0.736. The van der Waals surface area contributed by atoms with Crippen LogP contribution in [-0.2, 0) is 14.9 Å². The van der Waals surface area contributed by atoms with Gasteiger partial charge in [-0.25, -0.2) is 0 Å². The second-order valence-electron chi connectivity index (χ2n) is 9.12. The van der Waals surface area contributed by atoms with Crippen LogP contribution in [-0.4, -0.2) is 51.9 Å². The van der Waals surface area contributed by atoms with Gasteiger partial charge in [-0.05, 0) is 56.4 Å². The van der Waals surface area contributed by atoms with E-state index in [4.69, 9.17) is 20.8 Å². The number of carbonyl (C=O) groups excluding carboxylic acids is 1. The van der Waals surface area contributed by atoms with E-state index in [0.717, 1.165) is 0 Å². The van der Waals surface area contributed by atoms with Crippen molar-refractivity contribution in [1.82, 2.24) is 15.5 Å². The van der Waals surface area contributed by atoms with Crippen molar-refractivity contribution < 1.29 is 37.0 Å². The molecule has 0 radical (unpaired) electrons. The number of aliphatic hydroxyl groups excluding tert-OH is 1. The van der Waals surface area contributed by atoms with E-state index in [1.165, 1.54) is 0 Å². The summed E-state index contributed by atoms with van der Waals surface area (Å²) < 4.78 is 52.1. The Bertz CT molecular complexity index is 1020. The summed E-state index contributed by atoms with van der Waals surface area (Å²) in [4.78, 5) is 12.6. The van der Waals surface area contributed by atoms with Crippen molar-refractivity contribution in [2.45, 2.75) is 67.5 Å². The van der Waals surface area contributed by atoms with Crippen molar-refractivity contribution in [1.29, 1.82) is 0 Å². The number of halogens is 4. The van der Waals surface area contributed by atoms with Gasteiger partial charge in [0.15, 0.2) is 6.10 Å². The highest BCUT2D eigenvalue weighted by molar-refractivity contribution is 6.30. The monoisotopic (exact) mass is 487 g/mol. The van der Waals surface area contributed by atoms with Crippen molar-refractivity contribution in [2.24, 2.45) is 0 Å². The van der Waals surface area contributed by atoms with Crippen molar-refractivity contribution in [3.8, 4) is 5.75 Å². The lowest BCUT2D eigenvalue weighted by molar-refractivity contribution is -0.352. The molecule has 1 atom stereocenters. The van der Waals surface area contributed by atoms with Crippen LogP contribution in [0.1, 0.15) is 49.8 Å². The van der Waals surface area contributed by atoms with Gasteiger partial charge in [0.25, 0.3) is 5.91 Å². The standard InChI is InChI=1S/C21H21ClF3N3O5/c22-12-1-3-13(4-2-12)31-15(7-29)16(30)26-20-8-19(9-20,10-20)18-28-27-17(32-18)11-5-14(6-11)33-21(23,24)25/h1-4,11,14-15,29H,5-10H2,(H,26,30)/t11-,14+,15?,19?,20?. The van der Waals surface area contributed by atoms with Gasteiger partial charge in [-0.1, -0.05) is 11.6 Å². The van der Waals surface area contributed by atoms with Crippen molar-refractivity contribution in [2.75, 3.05) is 6.61 Å². The molecule has 2 N–H and O–H groups in total. The van der Waals surface area contributed by atoms with Gasteiger partial charge >= 0.3 is 6.36 Å². The number of carbonyl (C=O) groups is 1. The molecular weight excluding hydrogens is 467 g/mol. The van der Waals surface area contributed by atoms with E-state index in [-0.39, 0.29) is 24.2 Å². The molecule has 1 aromatic carbocycles. The molecule has 4 aliphatic rings. The normalized spacial score (nSPS) is 31.1. The molecule has 1 unspecified atom stereocenters. The number of amides is 1. The van der Waals surface area contributed by atoms with Crippen LogP contribution in [0.2, 0.25) is 5.02 Å². The van der Waals surface area contributed by atoms with E-state index in [9.17, 15) is 23.1 Å². The topological polar surface area (TPSA) is 107 Å². The summed E-state index contributed by atoms with van der Waals surface area (Å²) in [6.45, 7) is -0.483. The Labute approximate surface area is 191 Å². The molecule has 8 nitrogen and oxygen atoms in total. The zero-order valence-electron chi connectivity index (χ0n) is 17.3. The molecule has 33 heavy (non-hydrogen) atoms. The van der Waals surface area contributed by atoms with E-state index < -0.39 is 36.6 Å². The number of hydrogen-bond donors (Lipinski definition) is 2. The number of benzene rings is 1. The first-order chi connectivity index (χ1) is 15.6. The lowest BCUT2D eigenvalue weighted by Gasteiger charge is -2.68. The first-order valence-corrected chi connectivity index (χ1v) is 10.9. The Balaban J connectivity index is 1.12. The van der Waals surface area contributed by atoms with Gasteiger partial charge in [0.2, 0.25) is 11.8 Å². The molecule has 178 valence electrons. The van der Waals surface area contributed by atoms with Gasteiger partial charge in [0, 0.05) is 16.5 Å². The summed E-state index contributed by atoms with van der Waals surface area (Å²) in [6, 6.07) is 6.47. The second kappa shape index (κ2) is 7.85. The van der Waals surface area contributed by atoms with E-state index in [1.54, 1.807) is 24.3 Å². The molecule has 1 aromatic heterocycles. The van der Waals surface area contributed by atoms with Crippen LogP contribution in [0.3, 0.4) is 0 Å². The number of hydrogen-bond acceptors (Lipinski definition) is 7. The largest absolute Gasteiger partial charge is 0.522 e.